The molecule has 0 spiro atoms. The maximum atomic E-state index is 12.6. The molecule has 168 valence electrons. The normalized spacial score (nSPS) is 16.4. The van der Waals surface area contributed by atoms with Crippen molar-refractivity contribution in [2.75, 3.05) is 25.0 Å². The first kappa shape index (κ1) is 22.3. The van der Waals surface area contributed by atoms with Crippen LogP contribution in [0.15, 0.2) is 59.8 Å². The highest BCUT2D eigenvalue weighted by molar-refractivity contribution is 6.30. The van der Waals surface area contributed by atoms with Crippen LogP contribution in [0.1, 0.15) is 26.0 Å². The van der Waals surface area contributed by atoms with Crippen molar-refractivity contribution >= 4 is 17.4 Å². The van der Waals surface area contributed by atoms with E-state index in [-0.39, 0.29) is 17.7 Å². The number of ether oxygens (including phenoxy) is 1. The summed E-state index contributed by atoms with van der Waals surface area (Å²) in [6.07, 6.45) is 6.14. The molecule has 0 saturated carbocycles. The summed E-state index contributed by atoms with van der Waals surface area (Å²) < 4.78 is 7.25. The van der Waals surface area contributed by atoms with Crippen molar-refractivity contribution in [3.63, 3.8) is 0 Å². The van der Waals surface area contributed by atoms with Gasteiger partial charge in [-0.25, -0.2) is 4.98 Å². The van der Waals surface area contributed by atoms with Gasteiger partial charge in [-0.1, -0.05) is 11.6 Å². The average molecular weight is 454 g/mol. The molecule has 7 nitrogen and oxygen atoms in total. The Morgan fingerprint density at radius 2 is 2.03 bits per heavy atom. The molecule has 1 aliphatic heterocycles. The summed E-state index contributed by atoms with van der Waals surface area (Å²) in [5.74, 6) is 1.99. The number of hydrogen-bond donors (Lipinski definition) is 1. The first-order valence-electron chi connectivity index (χ1n) is 10.7. The average Bonchev–Trinajstić information content (AvgIpc) is 3.30. The van der Waals surface area contributed by atoms with Crippen LogP contribution in [0.2, 0.25) is 5.02 Å². The Morgan fingerprint density at radius 3 is 2.69 bits per heavy atom. The summed E-state index contributed by atoms with van der Waals surface area (Å²) in [5, 5.41) is 3.98. The van der Waals surface area contributed by atoms with Crippen molar-refractivity contribution in [1.82, 2.24) is 19.9 Å². The molecule has 0 aromatic carbocycles. The van der Waals surface area contributed by atoms with Crippen LogP contribution in [-0.2, 0) is 6.61 Å². The van der Waals surface area contributed by atoms with Crippen LogP contribution >= 0.6 is 11.6 Å². The highest BCUT2D eigenvalue weighted by Gasteiger charge is 2.34. The monoisotopic (exact) mass is 453 g/mol. The number of pyridine rings is 3. The van der Waals surface area contributed by atoms with Gasteiger partial charge < -0.3 is 15.0 Å². The fraction of sp³-hybridized carbons (Fsp3) is 0.375. The molecule has 3 aromatic rings. The molecule has 1 unspecified atom stereocenters. The second-order valence-corrected chi connectivity index (χ2v) is 9.04. The largest absolute Gasteiger partial charge is 0.487 e. The number of hydrogen-bond acceptors (Lipinski definition) is 6. The summed E-state index contributed by atoms with van der Waals surface area (Å²) in [5.41, 5.74) is 1.37. The second kappa shape index (κ2) is 9.30. The van der Waals surface area contributed by atoms with Crippen LogP contribution < -0.4 is 20.5 Å². The molecular formula is C24H28ClN5O2. The summed E-state index contributed by atoms with van der Waals surface area (Å²) in [6, 6.07) is 10.7. The standard InChI is InChI=1S/C24H28ClN5O2/c1-24(2,26-3)17-8-10-29(15-17)22-7-6-20(14-28-22)30-11-9-21(12-23(30)31)32-16-19-5-4-18(25)13-27-19/h4-7,9,11-14,17,26H,8,10,15-16H2,1-3H3. The summed E-state index contributed by atoms with van der Waals surface area (Å²) in [6.45, 7) is 6.69. The SMILES string of the molecule is CNC(C)(C)C1CCN(c2ccc(-n3ccc(OCc4ccc(Cl)cn4)cc3=O)cn2)C1. The quantitative estimate of drug-likeness (QED) is 0.588. The minimum Gasteiger partial charge on any atom is -0.487 e. The van der Waals surface area contributed by atoms with Gasteiger partial charge in [0.05, 0.1) is 22.6 Å². The zero-order chi connectivity index (χ0) is 22.7. The van der Waals surface area contributed by atoms with Gasteiger partial charge in [-0.3, -0.25) is 14.3 Å². The fourth-order valence-electron chi connectivity index (χ4n) is 3.88. The second-order valence-electron chi connectivity index (χ2n) is 8.61. The van der Waals surface area contributed by atoms with E-state index in [4.69, 9.17) is 16.3 Å². The van der Waals surface area contributed by atoms with E-state index in [0.717, 1.165) is 36.7 Å². The molecule has 0 aliphatic carbocycles. The van der Waals surface area contributed by atoms with Gasteiger partial charge in [0.25, 0.3) is 5.56 Å². The smallest absolute Gasteiger partial charge is 0.258 e. The Morgan fingerprint density at radius 1 is 1.19 bits per heavy atom. The van der Waals surface area contributed by atoms with Crippen LogP contribution in [0.3, 0.4) is 0 Å². The molecule has 4 rings (SSSR count). The molecule has 1 aliphatic rings. The molecule has 8 heteroatoms. The van der Waals surface area contributed by atoms with E-state index < -0.39 is 0 Å². The summed E-state index contributed by atoms with van der Waals surface area (Å²) >= 11 is 5.84. The molecule has 1 saturated heterocycles. The van der Waals surface area contributed by atoms with Crippen molar-refractivity contribution in [2.24, 2.45) is 5.92 Å². The van der Waals surface area contributed by atoms with Crippen LogP contribution in [0, 0.1) is 5.92 Å². The van der Waals surface area contributed by atoms with E-state index in [0.29, 0.717) is 16.7 Å². The minimum atomic E-state index is -0.182. The van der Waals surface area contributed by atoms with Crippen LogP contribution in [0.4, 0.5) is 5.82 Å². The molecule has 1 N–H and O–H groups in total. The Bertz CT molecular complexity index is 1110. The lowest BCUT2D eigenvalue weighted by Gasteiger charge is -2.31. The lowest BCUT2D eigenvalue weighted by molar-refractivity contribution is 0.290. The Kier molecular flexibility index (Phi) is 6.48. The van der Waals surface area contributed by atoms with Crippen molar-refractivity contribution < 1.29 is 4.74 Å². The maximum Gasteiger partial charge on any atom is 0.258 e. The van der Waals surface area contributed by atoms with E-state index in [2.05, 4.69) is 34.0 Å². The van der Waals surface area contributed by atoms with E-state index in [9.17, 15) is 4.79 Å². The molecule has 1 atom stereocenters. The highest BCUT2D eigenvalue weighted by Crippen LogP contribution is 2.29. The predicted octanol–water partition coefficient (Wildman–Crippen LogP) is 3.68. The maximum absolute atomic E-state index is 12.6. The van der Waals surface area contributed by atoms with Gasteiger partial charge in [0.2, 0.25) is 0 Å². The summed E-state index contributed by atoms with van der Waals surface area (Å²) in [7, 11) is 2.01. The molecule has 0 amide bonds. The van der Waals surface area contributed by atoms with Crippen molar-refractivity contribution in [1.29, 1.82) is 0 Å². The van der Waals surface area contributed by atoms with Gasteiger partial charge >= 0.3 is 0 Å². The summed E-state index contributed by atoms with van der Waals surface area (Å²) in [4.78, 5) is 23.7. The van der Waals surface area contributed by atoms with Gasteiger partial charge in [0, 0.05) is 37.1 Å². The number of nitrogens with zero attached hydrogens (tertiary/aromatic N) is 4. The molecule has 0 radical (unpaired) electrons. The molecule has 32 heavy (non-hydrogen) atoms. The zero-order valence-electron chi connectivity index (χ0n) is 18.6. The van der Waals surface area contributed by atoms with Gasteiger partial charge in [-0.15, -0.1) is 0 Å². The fourth-order valence-corrected chi connectivity index (χ4v) is 3.99. The Balaban J connectivity index is 1.42. The number of anilines is 1. The lowest BCUT2D eigenvalue weighted by atomic mass is 9.87. The Labute approximate surface area is 193 Å². The third-order valence-corrected chi connectivity index (χ3v) is 6.48. The topological polar surface area (TPSA) is 72.3 Å². The molecule has 0 bridgehead atoms. The number of rotatable bonds is 7. The van der Waals surface area contributed by atoms with E-state index in [1.165, 1.54) is 6.07 Å². The number of aromatic nitrogens is 3. The van der Waals surface area contributed by atoms with Gasteiger partial charge in [-0.2, -0.15) is 0 Å². The molecule has 4 heterocycles. The minimum absolute atomic E-state index is 0.0927. The van der Waals surface area contributed by atoms with Gasteiger partial charge in [0.15, 0.2) is 0 Å². The van der Waals surface area contributed by atoms with Crippen molar-refractivity contribution in [2.45, 2.75) is 32.4 Å². The van der Waals surface area contributed by atoms with E-state index >= 15 is 0 Å². The molecular weight excluding hydrogens is 426 g/mol. The molecule has 3 aromatic heterocycles. The lowest BCUT2D eigenvalue weighted by Crippen LogP contribution is -2.45. The van der Waals surface area contributed by atoms with Gasteiger partial charge in [-0.05, 0) is 63.6 Å². The first-order valence-corrected chi connectivity index (χ1v) is 11.1. The van der Waals surface area contributed by atoms with E-state index in [1.54, 1.807) is 41.4 Å². The van der Waals surface area contributed by atoms with Crippen LogP contribution in [0.25, 0.3) is 5.69 Å². The first-order chi connectivity index (χ1) is 15.4. The molecule has 1 fully saturated rings. The number of halogens is 1. The van der Waals surface area contributed by atoms with Crippen molar-refractivity contribution in [3.8, 4) is 11.4 Å². The van der Waals surface area contributed by atoms with Crippen LogP contribution in [-0.4, -0.2) is 40.2 Å². The van der Waals surface area contributed by atoms with E-state index in [1.807, 2.05) is 19.2 Å². The van der Waals surface area contributed by atoms with Crippen LogP contribution in [0.5, 0.6) is 5.75 Å². The Hall–Kier alpha value is -2.90. The highest BCUT2D eigenvalue weighted by atomic mass is 35.5. The number of nitrogens with one attached hydrogen (secondary N) is 1. The zero-order valence-corrected chi connectivity index (χ0v) is 19.3. The van der Waals surface area contributed by atoms with Crippen molar-refractivity contribution in [3.05, 3.63) is 76.1 Å². The third-order valence-electron chi connectivity index (χ3n) is 6.25. The van der Waals surface area contributed by atoms with Gasteiger partial charge in [0.1, 0.15) is 18.2 Å². The third kappa shape index (κ3) is 4.95. The predicted molar refractivity (Wildman–Crippen MR) is 127 cm³/mol.